The maximum absolute atomic E-state index is 13.0. The highest BCUT2D eigenvalue weighted by Gasteiger charge is 2.28. The Balaban J connectivity index is 1.44. The highest BCUT2D eigenvalue weighted by molar-refractivity contribution is 6.30. The van der Waals surface area contributed by atoms with E-state index >= 15 is 0 Å². The lowest BCUT2D eigenvalue weighted by Crippen LogP contribution is -2.39. The molecule has 1 N–H and O–H groups in total. The van der Waals surface area contributed by atoms with Crippen molar-refractivity contribution in [1.82, 2.24) is 14.9 Å². The summed E-state index contributed by atoms with van der Waals surface area (Å²) in [6.07, 6.45) is 1.37. The molecule has 8 heteroatoms. The van der Waals surface area contributed by atoms with Gasteiger partial charge in [0.2, 0.25) is 0 Å². The van der Waals surface area contributed by atoms with E-state index in [2.05, 4.69) is 30.1 Å². The SMILES string of the molecule is COC[C@@H](C)CN(Cc1nc2c([nH]1)-c1cc3c(cc1CC2)-c1ccc(Cl)cc1CO3)C(=O)OC(C)(C)C. The third kappa shape index (κ3) is 5.48. The first-order valence-corrected chi connectivity index (χ1v) is 13.1. The van der Waals surface area contributed by atoms with E-state index in [1.807, 2.05) is 32.9 Å². The van der Waals surface area contributed by atoms with E-state index in [9.17, 15) is 4.79 Å². The minimum Gasteiger partial charge on any atom is -0.488 e. The first-order valence-electron chi connectivity index (χ1n) is 12.7. The average molecular weight is 524 g/mol. The number of hydrogen-bond donors (Lipinski definition) is 1. The summed E-state index contributed by atoms with van der Waals surface area (Å²) < 4.78 is 17.1. The lowest BCUT2D eigenvalue weighted by molar-refractivity contribution is 0.0172. The standard InChI is InChI=1S/C29H34ClN3O4/c1-17(15-35-5)13-33(28(34)37-29(2,3)4)14-26-31-24-9-6-18-11-23-21-8-7-20(30)10-19(21)16-36-25(23)12-22(18)27(24)32-26/h7-8,10-12,17H,6,9,13-16H2,1-5H3,(H,31,32)/t17-/m0/s1. The number of ether oxygens (including phenoxy) is 3. The quantitative estimate of drug-likeness (QED) is 0.404. The van der Waals surface area contributed by atoms with Crippen LogP contribution in [0.5, 0.6) is 5.75 Å². The Bertz CT molecular complexity index is 1330. The van der Waals surface area contributed by atoms with Crippen LogP contribution in [-0.2, 0) is 35.5 Å². The van der Waals surface area contributed by atoms with Crippen molar-refractivity contribution >= 4 is 17.7 Å². The molecule has 37 heavy (non-hydrogen) atoms. The van der Waals surface area contributed by atoms with Gasteiger partial charge in [0, 0.05) is 29.8 Å². The molecule has 0 unspecified atom stereocenters. The molecule has 0 radical (unpaired) electrons. The zero-order chi connectivity index (χ0) is 26.3. The summed E-state index contributed by atoms with van der Waals surface area (Å²) in [6.45, 7) is 9.57. The number of aromatic amines is 1. The number of aryl methyl sites for hydroxylation is 2. The first-order chi connectivity index (χ1) is 17.6. The van der Waals surface area contributed by atoms with E-state index in [1.165, 1.54) is 11.1 Å². The van der Waals surface area contributed by atoms with Crippen molar-refractivity contribution < 1.29 is 19.0 Å². The first kappa shape index (κ1) is 25.6. The number of aromatic nitrogens is 2. The molecule has 0 spiro atoms. The minimum absolute atomic E-state index is 0.157. The van der Waals surface area contributed by atoms with E-state index in [4.69, 9.17) is 30.8 Å². The molecule has 5 rings (SSSR count). The van der Waals surface area contributed by atoms with Crippen LogP contribution in [0.15, 0.2) is 30.3 Å². The number of carbonyl (C=O) groups is 1. The monoisotopic (exact) mass is 523 g/mol. The number of nitrogens with one attached hydrogen (secondary N) is 1. The molecule has 1 aliphatic heterocycles. The average Bonchev–Trinajstić information content (AvgIpc) is 3.24. The van der Waals surface area contributed by atoms with Gasteiger partial charge < -0.3 is 24.1 Å². The number of carbonyl (C=O) groups excluding carboxylic acids is 1. The number of methoxy groups -OCH3 is 1. The molecule has 1 aromatic heterocycles. The van der Waals surface area contributed by atoms with E-state index in [0.29, 0.717) is 26.3 Å². The van der Waals surface area contributed by atoms with Gasteiger partial charge in [-0.2, -0.15) is 0 Å². The van der Waals surface area contributed by atoms with Crippen LogP contribution in [0.4, 0.5) is 4.79 Å². The van der Waals surface area contributed by atoms with Gasteiger partial charge in [-0.25, -0.2) is 9.78 Å². The van der Waals surface area contributed by atoms with E-state index in [1.54, 1.807) is 12.0 Å². The van der Waals surface area contributed by atoms with Gasteiger partial charge >= 0.3 is 6.09 Å². The smallest absolute Gasteiger partial charge is 0.410 e. The molecule has 1 aliphatic carbocycles. The number of rotatable bonds is 6. The van der Waals surface area contributed by atoms with Gasteiger partial charge in [-0.3, -0.25) is 0 Å². The number of halogens is 1. The van der Waals surface area contributed by atoms with Gasteiger partial charge in [0.1, 0.15) is 23.8 Å². The van der Waals surface area contributed by atoms with Gasteiger partial charge in [-0.1, -0.05) is 24.6 Å². The molecule has 196 valence electrons. The number of amides is 1. The largest absolute Gasteiger partial charge is 0.488 e. The lowest BCUT2D eigenvalue weighted by atomic mass is 9.87. The maximum Gasteiger partial charge on any atom is 0.410 e. The van der Waals surface area contributed by atoms with Crippen LogP contribution in [-0.4, -0.2) is 46.8 Å². The number of nitrogens with zero attached hydrogens (tertiary/aromatic N) is 2. The molecular weight excluding hydrogens is 490 g/mol. The Morgan fingerprint density at radius 1 is 1.16 bits per heavy atom. The topological polar surface area (TPSA) is 76.7 Å². The van der Waals surface area contributed by atoms with Gasteiger partial charge in [0.25, 0.3) is 0 Å². The Kier molecular flexibility index (Phi) is 6.94. The Morgan fingerprint density at radius 2 is 1.97 bits per heavy atom. The molecule has 1 amide bonds. The van der Waals surface area contributed by atoms with Crippen molar-refractivity contribution in [3.05, 3.63) is 58.0 Å². The van der Waals surface area contributed by atoms with Crippen LogP contribution in [0.25, 0.3) is 22.4 Å². The number of fused-ring (bicyclic) bond motifs is 6. The summed E-state index contributed by atoms with van der Waals surface area (Å²) in [6, 6.07) is 10.3. The van der Waals surface area contributed by atoms with Crippen LogP contribution in [0.2, 0.25) is 5.02 Å². The van der Waals surface area contributed by atoms with Crippen LogP contribution in [0.1, 0.15) is 50.3 Å². The van der Waals surface area contributed by atoms with Crippen molar-refractivity contribution in [1.29, 1.82) is 0 Å². The zero-order valence-electron chi connectivity index (χ0n) is 22.1. The van der Waals surface area contributed by atoms with Crippen molar-refractivity contribution in [2.45, 2.75) is 59.3 Å². The van der Waals surface area contributed by atoms with Crippen molar-refractivity contribution in [2.24, 2.45) is 5.92 Å². The second-order valence-electron chi connectivity index (χ2n) is 11.0. The van der Waals surface area contributed by atoms with E-state index in [-0.39, 0.29) is 12.0 Å². The van der Waals surface area contributed by atoms with Crippen molar-refractivity contribution in [2.75, 3.05) is 20.3 Å². The molecule has 0 saturated heterocycles. The highest BCUT2D eigenvalue weighted by atomic mass is 35.5. The molecule has 0 fully saturated rings. The second-order valence-corrected chi connectivity index (χ2v) is 11.5. The Hall–Kier alpha value is -3.03. The predicted molar refractivity (Wildman–Crippen MR) is 144 cm³/mol. The second kappa shape index (κ2) is 10.0. The third-order valence-electron chi connectivity index (χ3n) is 6.65. The third-order valence-corrected chi connectivity index (χ3v) is 6.88. The Labute approximate surface area is 223 Å². The molecule has 2 aliphatic rings. The van der Waals surface area contributed by atoms with Crippen LogP contribution in [0.3, 0.4) is 0 Å². The molecule has 3 aromatic rings. The van der Waals surface area contributed by atoms with Gasteiger partial charge in [0.05, 0.1) is 24.5 Å². The maximum atomic E-state index is 13.0. The fourth-order valence-corrected chi connectivity index (χ4v) is 5.31. The summed E-state index contributed by atoms with van der Waals surface area (Å²) in [5.74, 6) is 1.76. The Morgan fingerprint density at radius 3 is 2.73 bits per heavy atom. The molecule has 2 heterocycles. The number of imidazole rings is 1. The molecule has 2 aromatic carbocycles. The molecule has 0 saturated carbocycles. The van der Waals surface area contributed by atoms with Crippen molar-refractivity contribution in [3.63, 3.8) is 0 Å². The molecular formula is C29H34ClN3O4. The van der Waals surface area contributed by atoms with Crippen LogP contribution >= 0.6 is 11.6 Å². The van der Waals surface area contributed by atoms with E-state index in [0.717, 1.165) is 57.5 Å². The number of benzene rings is 2. The molecule has 7 nitrogen and oxygen atoms in total. The highest BCUT2D eigenvalue weighted by Crippen LogP contribution is 2.44. The predicted octanol–water partition coefficient (Wildman–Crippen LogP) is 6.41. The van der Waals surface area contributed by atoms with Gasteiger partial charge in [-0.15, -0.1) is 0 Å². The summed E-state index contributed by atoms with van der Waals surface area (Å²) in [5.41, 5.74) is 7.16. The number of hydrogen-bond acceptors (Lipinski definition) is 5. The minimum atomic E-state index is -0.579. The fraction of sp³-hybridized carbons (Fsp3) is 0.448. The van der Waals surface area contributed by atoms with Crippen molar-refractivity contribution in [3.8, 4) is 28.1 Å². The van der Waals surface area contributed by atoms with Gasteiger partial charge in [0.15, 0.2) is 0 Å². The lowest BCUT2D eigenvalue weighted by Gasteiger charge is -2.28. The van der Waals surface area contributed by atoms with Gasteiger partial charge in [-0.05, 0) is 80.5 Å². The zero-order valence-corrected chi connectivity index (χ0v) is 22.9. The summed E-state index contributed by atoms with van der Waals surface area (Å²) >= 11 is 6.20. The normalized spacial score (nSPS) is 14.5. The molecule has 1 atom stereocenters. The summed E-state index contributed by atoms with van der Waals surface area (Å²) in [5, 5.41) is 0.718. The summed E-state index contributed by atoms with van der Waals surface area (Å²) in [4.78, 5) is 23.1. The summed E-state index contributed by atoms with van der Waals surface area (Å²) in [7, 11) is 1.67. The fourth-order valence-electron chi connectivity index (χ4n) is 5.11. The van der Waals surface area contributed by atoms with Crippen LogP contribution in [0, 0.1) is 5.92 Å². The molecule has 0 bridgehead atoms. The van der Waals surface area contributed by atoms with Crippen LogP contribution < -0.4 is 4.74 Å². The van der Waals surface area contributed by atoms with E-state index < -0.39 is 5.60 Å². The number of H-pyrrole nitrogens is 1.